The van der Waals surface area contributed by atoms with Crippen LogP contribution in [0.1, 0.15) is 24.6 Å². The van der Waals surface area contributed by atoms with Crippen LogP contribution in [0, 0.1) is 5.82 Å². The predicted molar refractivity (Wildman–Crippen MR) is 230 cm³/mol. The highest BCUT2D eigenvalue weighted by Crippen LogP contribution is 2.35. The second-order valence-corrected chi connectivity index (χ2v) is 35.4. The van der Waals surface area contributed by atoms with Gasteiger partial charge in [-0.1, -0.05) is 71.9 Å². The molecule has 1 N–H and O–H groups in total. The molecule has 1 aliphatic rings. The number of halogens is 1. The molecule has 0 aliphatic carbocycles. The van der Waals surface area contributed by atoms with E-state index >= 15 is 4.39 Å². The molecule has 1 aliphatic heterocycles. The number of fused-ring (bicyclic) bond motifs is 1. The van der Waals surface area contributed by atoms with Crippen LogP contribution in [0.15, 0.2) is 36.5 Å². The van der Waals surface area contributed by atoms with Gasteiger partial charge in [-0.05, 0) is 71.9 Å². The number of aromatic nitrogens is 4. The predicted octanol–water partition coefficient (Wildman–Crippen LogP) is 9.46. The van der Waals surface area contributed by atoms with Crippen LogP contribution in [-0.2, 0) is 45.4 Å². The Bertz CT molecular complexity index is 1840. The minimum Gasteiger partial charge on any atom is -0.464 e. The van der Waals surface area contributed by atoms with Gasteiger partial charge in [-0.15, -0.1) is 0 Å². The van der Waals surface area contributed by atoms with Crippen molar-refractivity contribution in [2.24, 2.45) is 0 Å². The van der Waals surface area contributed by atoms with E-state index in [1.54, 1.807) is 6.07 Å². The maximum absolute atomic E-state index is 15.6. The number of ether oxygens (including phenoxy) is 5. The van der Waals surface area contributed by atoms with E-state index in [-0.39, 0.29) is 12.5 Å². The van der Waals surface area contributed by atoms with Crippen molar-refractivity contribution in [3.05, 3.63) is 53.6 Å². The number of imidazole rings is 1. The molecule has 14 heteroatoms. The monoisotopic (exact) mass is 811 g/mol. The molecule has 304 valence electrons. The first kappa shape index (κ1) is 43.4. The number of aryl methyl sites for hydroxylation is 1. The highest BCUT2D eigenvalue weighted by Gasteiger charge is 2.23. The van der Waals surface area contributed by atoms with Crippen LogP contribution < -0.4 is 10.1 Å². The lowest BCUT2D eigenvalue weighted by molar-refractivity contribution is 0.0197. The van der Waals surface area contributed by atoms with E-state index in [2.05, 4.69) is 100 Å². The van der Waals surface area contributed by atoms with Crippen molar-refractivity contribution in [3.63, 3.8) is 0 Å². The van der Waals surface area contributed by atoms with Gasteiger partial charge in [0.1, 0.15) is 19.2 Å². The van der Waals surface area contributed by atoms with Gasteiger partial charge in [0.05, 0.1) is 17.8 Å². The van der Waals surface area contributed by atoms with E-state index in [9.17, 15) is 0 Å². The topological polar surface area (TPSA) is 93.8 Å². The third-order valence-corrected chi connectivity index (χ3v) is 15.0. The Morgan fingerprint density at radius 1 is 0.873 bits per heavy atom. The minimum absolute atomic E-state index is 0.0292. The Kier molecular flexibility index (Phi) is 15.1. The fraction of sp³-hybridized carbons (Fsp3) is 0.610. The number of benzene rings is 2. The Morgan fingerprint density at radius 2 is 1.55 bits per heavy atom. The van der Waals surface area contributed by atoms with Gasteiger partial charge in [-0.3, -0.25) is 0 Å². The van der Waals surface area contributed by atoms with Crippen molar-refractivity contribution in [3.8, 4) is 28.4 Å². The Morgan fingerprint density at radius 3 is 2.18 bits per heavy atom. The molecule has 0 amide bonds. The Balaban J connectivity index is 1.48. The maximum atomic E-state index is 15.6. The van der Waals surface area contributed by atoms with E-state index in [1.807, 2.05) is 10.7 Å². The van der Waals surface area contributed by atoms with Crippen molar-refractivity contribution >= 4 is 35.1 Å². The maximum Gasteiger partial charge on any atom is 0.189 e. The van der Waals surface area contributed by atoms with E-state index in [4.69, 9.17) is 33.8 Å². The first-order chi connectivity index (χ1) is 26.0. The van der Waals surface area contributed by atoms with Gasteiger partial charge in [-0.2, -0.15) is 5.10 Å². The largest absolute Gasteiger partial charge is 0.464 e. The summed E-state index contributed by atoms with van der Waals surface area (Å²) in [4.78, 5) is 5.14. The summed E-state index contributed by atoms with van der Waals surface area (Å²) in [7, 11) is -3.76. The molecule has 0 spiro atoms. The summed E-state index contributed by atoms with van der Waals surface area (Å²) in [5.74, 6) is 0.550. The molecule has 1 unspecified atom stereocenters. The highest BCUT2D eigenvalue weighted by molar-refractivity contribution is 6.76. The third kappa shape index (κ3) is 13.2. The quantitative estimate of drug-likeness (QED) is 0.0477. The van der Waals surface area contributed by atoms with Gasteiger partial charge in [-0.25, -0.2) is 14.1 Å². The van der Waals surface area contributed by atoms with Crippen LogP contribution in [0.3, 0.4) is 0 Å². The van der Waals surface area contributed by atoms with Gasteiger partial charge >= 0.3 is 0 Å². The fourth-order valence-corrected chi connectivity index (χ4v) is 8.54. The molecule has 4 aromatic rings. The number of hydrogen-bond donors (Lipinski definition) is 1. The molecular weight excluding hydrogens is 746 g/mol. The van der Waals surface area contributed by atoms with Crippen molar-refractivity contribution in [1.82, 2.24) is 24.6 Å². The molecule has 1 saturated heterocycles. The molecule has 55 heavy (non-hydrogen) atoms. The third-order valence-electron chi connectivity index (χ3n) is 9.87. The molecule has 3 heterocycles. The van der Waals surface area contributed by atoms with Gasteiger partial charge in [0.2, 0.25) is 0 Å². The summed E-state index contributed by atoms with van der Waals surface area (Å²) >= 11 is 0. The van der Waals surface area contributed by atoms with Crippen molar-refractivity contribution < 1.29 is 28.1 Å². The number of hydrogen-bond acceptors (Lipinski definition) is 8. The van der Waals surface area contributed by atoms with Crippen LogP contribution in [0.5, 0.6) is 5.75 Å². The van der Waals surface area contributed by atoms with Crippen LogP contribution in [0.25, 0.3) is 33.5 Å². The lowest BCUT2D eigenvalue weighted by Gasteiger charge is -2.16. The first-order valence-corrected chi connectivity index (χ1v) is 31.2. The number of nitrogens with one attached hydrogen (secondary N) is 1. The van der Waals surface area contributed by atoms with Crippen LogP contribution >= 0.6 is 0 Å². The van der Waals surface area contributed by atoms with Crippen LogP contribution in [-0.4, -0.2) is 89.4 Å². The number of rotatable bonds is 22. The summed E-state index contributed by atoms with van der Waals surface area (Å²) in [5.41, 5.74) is 5.30. The van der Waals surface area contributed by atoms with Crippen LogP contribution in [0.2, 0.25) is 77.1 Å². The van der Waals surface area contributed by atoms with Crippen molar-refractivity contribution in [2.45, 2.75) is 123 Å². The van der Waals surface area contributed by atoms with Gasteiger partial charge in [0, 0.05) is 74.8 Å². The highest BCUT2D eigenvalue weighted by atomic mass is 28.3. The smallest absolute Gasteiger partial charge is 0.189 e. The average Bonchev–Trinajstić information content (AvgIpc) is 3.85. The number of nitrogens with zero attached hydrogens (tertiary/aromatic N) is 4. The molecule has 2 aromatic heterocycles. The zero-order valence-corrected chi connectivity index (χ0v) is 38.1. The van der Waals surface area contributed by atoms with E-state index in [0.717, 1.165) is 82.6 Å². The van der Waals surface area contributed by atoms with Crippen LogP contribution in [0.4, 0.5) is 4.39 Å². The molecule has 10 nitrogen and oxygen atoms in total. The summed E-state index contributed by atoms with van der Waals surface area (Å²) in [6.07, 6.45) is 3.78. The molecular formula is C41H66FN5O5Si3. The molecule has 2 aromatic carbocycles. The second-order valence-electron chi connectivity index (χ2n) is 18.5. The van der Waals surface area contributed by atoms with E-state index in [1.165, 1.54) is 0 Å². The minimum atomic E-state index is -1.29. The van der Waals surface area contributed by atoms with E-state index < -0.39 is 30.0 Å². The standard InChI is InChI=1S/C41H66FN5O5Si3/c1-11-31-23-39(52-30-51-18-21-55(8,9)10)37(42)24-36(31)32-12-13-35-38(22-32)47(29-50-17-20-54(5,6)7)45-40(35)41-44-34(25-43-33-14-15-48-27-33)26-46(41)28-49-16-19-53(2,3)4/h12-13,22-24,26,33,43H,11,14-21,25,27-30H2,1-10H3. The molecule has 1 fully saturated rings. The van der Waals surface area contributed by atoms with Gasteiger partial charge < -0.3 is 33.6 Å². The average molecular weight is 812 g/mol. The van der Waals surface area contributed by atoms with Crippen molar-refractivity contribution in [1.29, 1.82) is 0 Å². The normalized spacial score (nSPS) is 15.4. The van der Waals surface area contributed by atoms with E-state index in [0.29, 0.717) is 52.3 Å². The molecule has 0 radical (unpaired) electrons. The Hall–Kier alpha value is -2.70. The fourth-order valence-electron chi connectivity index (χ4n) is 6.27. The molecule has 0 saturated carbocycles. The second kappa shape index (κ2) is 19.2. The van der Waals surface area contributed by atoms with Crippen molar-refractivity contribution in [2.75, 3.05) is 39.8 Å². The SMILES string of the molecule is CCc1cc(OCOCC[Si](C)(C)C)c(F)cc1-c1ccc2c(-c3nc(CNC4CCOC4)cn3COCC[Si](C)(C)C)nn(COCC[Si](C)(C)C)c2c1. The van der Waals surface area contributed by atoms with Gasteiger partial charge in [0.25, 0.3) is 0 Å². The Labute approximate surface area is 331 Å². The summed E-state index contributed by atoms with van der Waals surface area (Å²) in [6.45, 7) is 28.0. The zero-order valence-electron chi connectivity index (χ0n) is 35.1. The lowest BCUT2D eigenvalue weighted by atomic mass is 9.96. The molecule has 5 rings (SSSR count). The molecule has 1 atom stereocenters. The summed E-state index contributed by atoms with van der Waals surface area (Å²) in [6, 6.07) is 13.1. The zero-order chi connectivity index (χ0) is 39.8. The summed E-state index contributed by atoms with van der Waals surface area (Å²) in [5, 5.41) is 9.73. The lowest BCUT2D eigenvalue weighted by Crippen LogP contribution is -2.28. The van der Waals surface area contributed by atoms with Gasteiger partial charge in [0.15, 0.2) is 24.2 Å². The summed E-state index contributed by atoms with van der Waals surface area (Å²) < 4.78 is 49.2. The first-order valence-electron chi connectivity index (χ1n) is 20.1. The molecule has 0 bridgehead atoms.